The number of nitrogens with zero attached hydrogens (tertiary/aromatic N) is 2. The summed E-state index contributed by atoms with van der Waals surface area (Å²) in [4.78, 5) is 56.3. The second kappa shape index (κ2) is 9.85. The summed E-state index contributed by atoms with van der Waals surface area (Å²) in [5.41, 5.74) is 0.439. The number of phenols is 1. The van der Waals surface area contributed by atoms with Crippen molar-refractivity contribution in [3.8, 4) is 5.75 Å². The number of carbonyl (C=O) groups is 4. The van der Waals surface area contributed by atoms with Crippen LogP contribution in [0.15, 0.2) is 6.07 Å². The van der Waals surface area contributed by atoms with E-state index in [1.807, 2.05) is 11.8 Å². The van der Waals surface area contributed by atoms with Crippen molar-refractivity contribution in [1.29, 1.82) is 0 Å². The summed E-state index contributed by atoms with van der Waals surface area (Å²) >= 11 is 0. The lowest BCUT2D eigenvalue weighted by Gasteiger charge is -2.55. The molecule has 13 heteroatoms. The van der Waals surface area contributed by atoms with Gasteiger partial charge in [-0.25, -0.2) is 0 Å². The Morgan fingerprint density at radius 2 is 1.90 bits per heavy atom. The van der Waals surface area contributed by atoms with Crippen LogP contribution in [0.3, 0.4) is 0 Å². The fourth-order valence-electron chi connectivity index (χ4n) is 8.06. The molecule has 1 aromatic carbocycles. The van der Waals surface area contributed by atoms with Crippen LogP contribution in [0.4, 0.5) is 13.2 Å². The Morgan fingerprint density at radius 1 is 1.24 bits per heavy atom. The van der Waals surface area contributed by atoms with Crippen LogP contribution in [0.1, 0.15) is 59.3 Å². The van der Waals surface area contributed by atoms with Gasteiger partial charge in [0.15, 0.2) is 23.0 Å². The first-order valence-corrected chi connectivity index (χ1v) is 13.8. The Morgan fingerprint density at radius 3 is 2.46 bits per heavy atom. The molecule has 5 N–H and O–H groups in total. The highest BCUT2D eigenvalue weighted by molar-refractivity contribution is 6.18. The Kier molecular flexibility index (Phi) is 7.12. The zero-order valence-electron chi connectivity index (χ0n) is 22.9. The van der Waals surface area contributed by atoms with E-state index in [-0.39, 0.29) is 12.0 Å². The number of primary amides is 1. The van der Waals surface area contributed by atoms with E-state index in [1.54, 1.807) is 0 Å². The molecule has 3 aliphatic carbocycles. The highest BCUT2D eigenvalue weighted by Crippen LogP contribution is 2.54. The molecule has 41 heavy (non-hydrogen) atoms. The van der Waals surface area contributed by atoms with Crippen LogP contribution in [0.25, 0.3) is 0 Å². The van der Waals surface area contributed by atoms with E-state index in [2.05, 4.69) is 0 Å². The van der Waals surface area contributed by atoms with Gasteiger partial charge in [0.1, 0.15) is 17.8 Å². The van der Waals surface area contributed by atoms with Crippen LogP contribution in [0.2, 0.25) is 0 Å². The predicted molar refractivity (Wildman–Crippen MR) is 137 cm³/mol. The molecule has 8 unspecified atom stereocenters. The second-order valence-corrected chi connectivity index (χ2v) is 12.0. The molecule has 2 saturated carbocycles. The zero-order chi connectivity index (χ0) is 30.3. The van der Waals surface area contributed by atoms with Gasteiger partial charge in [-0.3, -0.25) is 29.0 Å². The van der Waals surface area contributed by atoms with Crippen molar-refractivity contribution >= 4 is 23.3 Å². The Balaban J connectivity index is 1.68. The van der Waals surface area contributed by atoms with Gasteiger partial charge in [-0.1, -0.05) is 6.92 Å². The molecule has 0 aromatic heterocycles. The van der Waals surface area contributed by atoms with E-state index < -0.39 is 106 Å². The van der Waals surface area contributed by atoms with Gasteiger partial charge in [-0.05, 0) is 76.0 Å². The van der Waals surface area contributed by atoms with Crippen LogP contribution in [-0.4, -0.2) is 93.3 Å². The van der Waals surface area contributed by atoms with E-state index in [1.165, 1.54) is 19.0 Å². The Labute approximate surface area is 234 Å². The van der Waals surface area contributed by atoms with Crippen LogP contribution < -0.4 is 5.73 Å². The molecule has 1 aromatic rings. The van der Waals surface area contributed by atoms with Gasteiger partial charge >= 0.3 is 6.18 Å². The lowest BCUT2D eigenvalue weighted by Crippen LogP contribution is -2.75. The molecular weight excluding hydrogens is 547 g/mol. The van der Waals surface area contributed by atoms with Crippen molar-refractivity contribution in [2.75, 3.05) is 27.2 Å². The van der Waals surface area contributed by atoms with Crippen LogP contribution in [-0.2, 0) is 27.0 Å². The number of likely N-dealkylation sites (tertiary alicyclic amines) is 1. The SMILES string of the molecule is CCN1CCCC1c1cc(O)c2c(c1C(F)(F)F)CC1CC3C(N(C)C)C(=O)C(C(N)=O)C(O)C3(O)C(=O)C1C2=O. The first-order valence-electron chi connectivity index (χ1n) is 13.8. The lowest BCUT2D eigenvalue weighted by atomic mass is 9.51. The molecule has 1 saturated heterocycles. The molecule has 5 rings (SSSR count). The van der Waals surface area contributed by atoms with Gasteiger partial charge in [0.05, 0.1) is 23.1 Å². The maximum Gasteiger partial charge on any atom is 0.417 e. The molecule has 0 radical (unpaired) electrons. The number of amides is 1. The quantitative estimate of drug-likeness (QED) is 0.378. The van der Waals surface area contributed by atoms with Crippen molar-refractivity contribution in [3.63, 3.8) is 0 Å². The first kappa shape index (κ1) is 29.6. The molecule has 0 spiro atoms. The van der Waals surface area contributed by atoms with Gasteiger partial charge in [-0.15, -0.1) is 0 Å². The summed E-state index contributed by atoms with van der Waals surface area (Å²) in [7, 11) is 2.92. The third-order valence-corrected chi connectivity index (χ3v) is 9.73. The van der Waals surface area contributed by atoms with E-state index in [9.17, 15) is 47.7 Å². The maximum absolute atomic E-state index is 14.8. The number of phenolic OH excluding ortho intramolecular Hbond substituents is 1. The number of aliphatic hydroxyl groups is 2. The number of hydrogen-bond donors (Lipinski definition) is 4. The third kappa shape index (κ3) is 4.15. The molecule has 224 valence electrons. The van der Waals surface area contributed by atoms with Gasteiger partial charge in [-0.2, -0.15) is 13.2 Å². The number of likely N-dealkylation sites (N-methyl/N-ethyl adjacent to an activating group) is 1. The molecule has 1 aliphatic heterocycles. The Bertz CT molecular complexity index is 1330. The van der Waals surface area contributed by atoms with Crippen molar-refractivity contribution in [1.82, 2.24) is 9.80 Å². The monoisotopic (exact) mass is 581 g/mol. The molecule has 10 nitrogen and oxygen atoms in total. The fraction of sp³-hybridized carbons (Fsp3) is 0.643. The number of benzene rings is 1. The van der Waals surface area contributed by atoms with Crippen molar-refractivity contribution in [2.24, 2.45) is 29.4 Å². The number of rotatable bonds is 4. The minimum Gasteiger partial charge on any atom is -0.507 e. The van der Waals surface area contributed by atoms with Crippen molar-refractivity contribution in [3.05, 3.63) is 28.3 Å². The van der Waals surface area contributed by atoms with Crippen molar-refractivity contribution in [2.45, 2.75) is 62.6 Å². The molecule has 1 amide bonds. The number of aliphatic hydroxyl groups excluding tert-OH is 1. The average molecular weight is 582 g/mol. The number of Topliss-reactive ketones (excluding diaryl/α,β-unsaturated/α-hetero) is 3. The summed E-state index contributed by atoms with van der Waals surface area (Å²) in [6.45, 7) is 2.91. The predicted octanol–water partition coefficient (Wildman–Crippen LogP) is 0.834. The normalized spacial score (nSPS) is 35.8. The zero-order valence-corrected chi connectivity index (χ0v) is 22.9. The summed E-state index contributed by atoms with van der Waals surface area (Å²) in [6.07, 6.45) is -6.69. The standard InChI is InChI=1S/C28H34F3N3O7/c1-4-34-7-5-6-15(34)12-10-16(35)18-13(20(12)28(29,30)31)8-11-9-14-21(33(2)3)23(37)19(26(32)40)25(39)27(14,41)24(38)17(11)22(18)36/h10-11,14-15,17,19,21,25,35,39,41H,4-9H2,1-3H3,(H2,32,40). The topological polar surface area (TPSA) is 161 Å². The third-order valence-electron chi connectivity index (χ3n) is 9.73. The molecule has 3 fully saturated rings. The summed E-state index contributed by atoms with van der Waals surface area (Å²) in [5, 5.41) is 33.7. The molecule has 0 bridgehead atoms. The number of fused-ring (bicyclic) bond motifs is 3. The minimum atomic E-state index is -4.88. The average Bonchev–Trinajstić information content (AvgIpc) is 3.33. The van der Waals surface area contributed by atoms with Gasteiger partial charge in [0, 0.05) is 12.0 Å². The number of hydrogen-bond acceptors (Lipinski definition) is 9. The number of aromatic hydroxyl groups is 1. The van der Waals surface area contributed by atoms with Gasteiger partial charge < -0.3 is 21.1 Å². The van der Waals surface area contributed by atoms with E-state index in [4.69, 9.17) is 5.73 Å². The van der Waals surface area contributed by atoms with Crippen LogP contribution >= 0.6 is 0 Å². The number of ketones is 3. The first-order chi connectivity index (χ1) is 19.1. The van der Waals surface area contributed by atoms with Gasteiger partial charge in [0.2, 0.25) is 5.91 Å². The molecule has 4 aliphatic rings. The minimum absolute atomic E-state index is 0.128. The lowest BCUT2D eigenvalue weighted by molar-refractivity contribution is -0.203. The second-order valence-electron chi connectivity index (χ2n) is 12.0. The number of carbonyl (C=O) groups excluding carboxylic acids is 4. The van der Waals surface area contributed by atoms with Crippen molar-refractivity contribution < 1.29 is 47.7 Å². The maximum atomic E-state index is 14.8. The fourth-order valence-corrected chi connectivity index (χ4v) is 8.06. The molecule has 8 atom stereocenters. The number of alkyl halides is 3. The van der Waals surface area contributed by atoms with Crippen LogP contribution in [0, 0.1) is 23.7 Å². The highest BCUT2D eigenvalue weighted by atomic mass is 19.4. The molecular formula is C28H34F3N3O7. The van der Waals surface area contributed by atoms with E-state index in [0.29, 0.717) is 25.9 Å². The molecule has 1 heterocycles. The smallest absolute Gasteiger partial charge is 0.417 e. The number of nitrogens with two attached hydrogens (primary N) is 1. The van der Waals surface area contributed by atoms with Gasteiger partial charge in [0.25, 0.3) is 0 Å². The van der Waals surface area contributed by atoms with Crippen LogP contribution in [0.5, 0.6) is 5.75 Å². The summed E-state index contributed by atoms with van der Waals surface area (Å²) in [5.74, 6) is -11.1. The van der Waals surface area contributed by atoms with E-state index >= 15 is 0 Å². The Hall–Kier alpha value is -2.87. The summed E-state index contributed by atoms with van der Waals surface area (Å²) < 4.78 is 44.3. The highest BCUT2D eigenvalue weighted by Gasteiger charge is 2.69. The largest absolute Gasteiger partial charge is 0.507 e. The summed E-state index contributed by atoms with van der Waals surface area (Å²) in [6, 6.07) is -0.933. The number of halogens is 3. The van der Waals surface area contributed by atoms with E-state index in [0.717, 1.165) is 6.07 Å².